The van der Waals surface area contributed by atoms with Crippen LogP contribution in [-0.4, -0.2) is 28.3 Å². The maximum absolute atomic E-state index is 13.1. The summed E-state index contributed by atoms with van der Waals surface area (Å²) >= 11 is 0. The number of hydrogen-bond donors (Lipinski definition) is 1. The molecule has 0 unspecified atom stereocenters. The lowest BCUT2D eigenvalue weighted by Gasteiger charge is -2.23. The van der Waals surface area contributed by atoms with Gasteiger partial charge in [0.05, 0.1) is 66.1 Å². The van der Waals surface area contributed by atoms with E-state index in [-0.39, 0.29) is 11.2 Å². The molecule has 14 rings (SSSR count). The molecule has 0 atom stereocenters. The second-order valence-corrected chi connectivity index (χ2v) is 18.0. The van der Waals surface area contributed by atoms with E-state index in [1.54, 1.807) is 0 Å². The van der Waals surface area contributed by atoms with E-state index in [1.807, 2.05) is 12.3 Å². The summed E-state index contributed by atoms with van der Waals surface area (Å²) in [5.74, 6) is 0.259. The van der Waals surface area contributed by atoms with Crippen LogP contribution in [0, 0.1) is 0 Å². The van der Waals surface area contributed by atoms with Crippen molar-refractivity contribution in [2.24, 2.45) is 0 Å². The number of aromatic hydroxyl groups is 1. The third-order valence-electron chi connectivity index (χ3n) is 13.6. The molecular formula is C56H37N5O. The molecule has 6 heterocycles. The number of imidazole rings is 1. The van der Waals surface area contributed by atoms with Crippen molar-refractivity contribution in [2.45, 2.75) is 26.2 Å². The van der Waals surface area contributed by atoms with E-state index in [1.165, 1.54) is 10.9 Å². The molecule has 0 amide bonds. The third kappa shape index (κ3) is 4.23. The molecule has 1 N–H and O–H groups in total. The zero-order valence-corrected chi connectivity index (χ0v) is 34.3. The molecular weight excluding hydrogens is 759 g/mol. The van der Waals surface area contributed by atoms with Crippen LogP contribution in [0.5, 0.6) is 5.75 Å². The molecule has 6 aromatic heterocycles. The first kappa shape index (κ1) is 33.8. The Hall–Kier alpha value is -7.96. The zero-order valence-electron chi connectivity index (χ0n) is 34.3. The third-order valence-corrected chi connectivity index (χ3v) is 13.6. The van der Waals surface area contributed by atoms with Crippen LogP contribution in [0.4, 0.5) is 0 Å². The fraction of sp³-hybridized carbons (Fsp3) is 0.0714. The van der Waals surface area contributed by atoms with E-state index in [0.717, 1.165) is 121 Å². The predicted octanol–water partition coefficient (Wildman–Crippen LogP) is 14.2. The topological polar surface area (TPSA) is 59.2 Å². The van der Waals surface area contributed by atoms with Crippen molar-refractivity contribution in [1.82, 2.24) is 23.2 Å². The summed E-state index contributed by atoms with van der Waals surface area (Å²) in [4.78, 5) is 10.6. The molecule has 8 aromatic carbocycles. The fourth-order valence-electron chi connectivity index (χ4n) is 10.8. The minimum absolute atomic E-state index is 0.128. The fourth-order valence-corrected chi connectivity index (χ4v) is 10.8. The first-order valence-corrected chi connectivity index (χ1v) is 21.3. The Morgan fingerprint density at radius 1 is 0.468 bits per heavy atom. The summed E-state index contributed by atoms with van der Waals surface area (Å²) in [5, 5.41) is 20.2. The Kier molecular flexibility index (Phi) is 6.36. The summed E-state index contributed by atoms with van der Waals surface area (Å²) in [6, 6.07) is 56.4. The minimum atomic E-state index is -0.128. The Bertz CT molecular complexity index is 4200. The van der Waals surface area contributed by atoms with Crippen molar-refractivity contribution >= 4 is 93.0 Å². The van der Waals surface area contributed by atoms with E-state index >= 15 is 0 Å². The number of para-hydroxylation sites is 4. The summed E-state index contributed by atoms with van der Waals surface area (Å²) in [6.07, 6.45) is 1.91. The molecule has 0 fully saturated rings. The van der Waals surface area contributed by atoms with Gasteiger partial charge in [0.2, 0.25) is 0 Å². The van der Waals surface area contributed by atoms with Gasteiger partial charge in [-0.25, -0.2) is 4.98 Å². The number of phenols is 1. The van der Waals surface area contributed by atoms with Gasteiger partial charge in [-0.3, -0.25) is 9.38 Å². The van der Waals surface area contributed by atoms with Gasteiger partial charge in [-0.2, -0.15) is 0 Å². The Labute approximate surface area is 354 Å². The first-order valence-electron chi connectivity index (χ1n) is 21.3. The average molecular weight is 796 g/mol. The highest BCUT2D eigenvalue weighted by Crippen LogP contribution is 2.52. The SMILES string of the molecule is CC(C)(C)c1cc(-c2cc(-c3ccccc3)ccn2)cc(-c2cccc3c2nc2c4c(O)c5c6ccccc6n6c7ccccc7n7c8cccc9ccc(c(c98)c4c7c56)n32)c1. The number of fused-ring (bicyclic) bond motifs is 12. The van der Waals surface area contributed by atoms with Gasteiger partial charge >= 0.3 is 0 Å². The molecule has 0 radical (unpaired) electrons. The van der Waals surface area contributed by atoms with Crippen LogP contribution in [0.2, 0.25) is 0 Å². The lowest BCUT2D eigenvalue weighted by molar-refractivity contribution is 0.488. The number of pyridine rings is 3. The van der Waals surface area contributed by atoms with Crippen molar-refractivity contribution in [3.63, 3.8) is 0 Å². The smallest absolute Gasteiger partial charge is 0.150 e. The highest BCUT2D eigenvalue weighted by molar-refractivity contribution is 6.39. The number of aromatic nitrogens is 5. The van der Waals surface area contributed by atoms with Crippen molar-refractivity contribution in [2.75, 3.05) is 0 Å². The van der Waals surface area contributed by atoms with Crippen molar-refractivity contribution in [3.8, 4) is 39.3 Å². The van der Waals surface area contributed by atoms with Crippen molar-refractivity contribution in [3.05, 3.63) is 169 Å². The van der Waals surface area contributed by atoms with Crippen LogP contribution in [0.25, 0.3) is 127 Å². The van der Waals surface area contributed by atoms with Gasteiger partial charge in [0.15, 0.2) is 0 Å². The maximum atomic E-state index is 13.1. The molecule has 0 aliphatic rings. The Morgan fingerprint density at radius 3 is 1.97 bits per heavy atom. The highest BCUT2D eigenvalue weighted by atomic mass is 16.3. The van der Waals surface area contributed by atoms with Crippen molar-refractivity contribution < 1.29 is 5.11 Å². The quantitative estimate of drug-likeness (QED) is 0.143. The predicted molar refractivity (Wildman–Crippen MR) is 256 cm³/mol. The second-order valence-electron chi connectivity index (χ2n) is 18.0. The van der Waals surface area contributed by atoms with Gasteiger partial charge in [-0.15, -0.1) is 0 Å². The van der Waals surface area contributed by atoms with Crippen molar-refractivity contribution in [1.29, 1.82) is 0 Å². The Morgan fingerprint density at radius 2 is 1.15 bits per heavy atom. The lowest BCUT2D eigenvalue weighted by Crippen LogP contribution is -2.11. The molecule has 0 aliphatic heterocycles. The first-order chi connectivity index (χ1) is 30.3. The van der Waals surface area contributed by atoms with Gasteiger partial charge in [0.25, 0.3) is 0 Å². The molecule has 0 saturated heterocycles. The lowest BCUT2D eigenvalue weighted by atomic mass is 9.83. The Balaban J connectivity index is 1.15. The number of benzene rings is 8. The number of phenolic OH excluding ortho intramolecular Hbond substituents is 1. The standard InChI is InChI=1S/C56H37N5O/c1-56(2,3)36-28-34(27-35(29-36)39-30-33(25-26-57-39)31-13-5-4-6-14-31)37-17-12-22-45-51(37)58-55-50-49-48-44(61(45)55)24-23-32-15-11-21-43(46(32)48)60-42-20-10-9-19-41(42)59-40-18-8-7-16-38(40)47(54(50)62)52(59)53(49)60/h4-30,62H,1-3H3. The van der Waals surface area contributed by atoms with Crippen LogP contribution >= 0.6 is 0 Å². The average Bonchev–Trinajstić information content (AvgIpc) is 3.88. The van der Waals surface area contributed by atoms with Crippen LogP contribution in [0.1, 0.15) is 26.3 Å². The molecule has 62 heavy (non-hydrogen) atoms. The molecule has 0 bridgehead atoms. The second kappa shape index (κ2) is 11.6. The highest BCUT2D eigenvalue weighted by Gasteiger charge is 2.30. The summed E-state index contributed by atoms with van der Waals surface area (Å²) in [7, 11) is 0. The molecule has 14 aromatic rings. The maximum Gasteiger partial charge on any atom is 0.150 e. The number of nitrogens with zero attached hydrogens (tertiary/aromatic N) is 5. The molecule has 6 nitrogen and oxygen atoms in total. The normalized spacial score (nSPS) is 12.8. The summed E-state index contributed by atoms with van der Waals surface area (Å²) < 4.78 is 7.10. The van der Waals surface area contributed by atoms with Crippen LogP contribution in [-0.2, 0) is 5.41 Å². The monoisotopic (exact) mass is 795 g/mol. The van der Waals surface area contributed by atoms with Gasteiger partial charge in [0, 0.05) is 38.9 Å². The zero-order chi connectivity index (χ0) is 41.2. The van der Waals surface area contributed by atoms with Gasteiger partial charge in [-0.1, -0.05) is 118 Å². The molecule has 0 aliphatic carbocycles. The molecule has 6 heteroatoms. The largest absolute Gasteiger partial charge is 0.506 e. The van der Waals surface area contributed by atoms with Crippen LogP contribution < -0.4 is 0 Å². The number of hydrogen-bond acceptors (Lipinski definition) is 3. The summed E-state index contributed by atoms with van der Waals surface area (Å²) in [6.45, 7) is 6.80. The van der Waals surface area contributed by atoms with E-state index in [0.29, 0.717) is 0 Å². The van der Waals surface area contributed by atoms with Gasteiger partial charge in [0.1, 0.15) is 11.4 Å². The molecule has 0 spiro atoms. The van der Waals surface area contributed by atoms with E-state index < -0.39 is 0 Å². The van der Waals surface area contributed by atoms with Crippen LogP contribution in [0.15, 0.2) is 164 Å². The van der Waals surface area contributed by atoms with Gasteiger partial charge < -0.3 is 13.9 Å². The van der Waals surface area contributed by atoms with Crippen LogP contribution in [0.3, 0.4) is 0 Å². The van der Waals surface area contributed by atoms with Gasteiger partial charge in [-0.05, 0) is 93.7 Å². The number of rotatable bonds is 3. The minimum Gasteiger partial charge on any atom is -0.506 e. The van der Waals surface area contributed by atoms with E-state index in [4.69, 9.17) is 9.97 Å². The van der Waals surface area contributed by atoms with E-state index in [2.05, 4.69) is 186 Å². The van der Waals surface area contributed by atoms with E-state index in [9.17, 15) is 5.11 Å². The summed E-state index contributed by atoms with van der Waals surface area (Å²) in [5.41, 5.74) is 17.7. The molecule has 292 valence electrons. The molecule has 0 saturated carbocycles.